The molecule has 1 spiro atoms. The predicted octanol–water partition coefficient (Wildman–Crippen LogP) is 12.5. The second-order valence-electron chi connectivity index (χ2n) is 14.6. The second kappa shape index (κ2) is 13.4. The van der Waals surface area contributed by atoms with Crippen LogP contribution in [0.3, 0.4) is 0 Å². The van der Waals surface area contributed by atoms with Gasteiger partial charge in [0.25, 0.3) is 0 Å². The molecule has 5 nitrogen and oxygen atoms in total. The Labute approximate surface area is 336 Å². The molecule has 0 fully saturated rings. The first-order valence-corrected chi connectivity index (χ1v) is 19.3. The van der Waals surface area contributed by atoms with Crippen molar-refractivity contribution < 1.29 is 4.74 Å². The van der Waals surface area contributed by atoms with Gasteiger partial charge in [-0.15, -0.1) is 0 Å². The summed E-state index contributed by atoms with van der Waals surface area (Å²) in [6.45, 7) is 0. The molecule has 0 N–H and O–H groups in total. The molecule has 0 amide bonds. The van der Waals surface area contributed by atoms with Gasteiger partial charge >= 0.3 is 0 Å². The Morgan fingerprint density at radius 1 is 0.362 bits per heavy atom. The summed E-state index contributed by atoms with van der Waals surface area (Å²) in [4.78, 5) is 15.1. The Kier molecular flexibility index (Phi) is 7.70. The summed E-state index contributed by atoms with van der Waals surface area (Å²) in [6, 6.07) is 69.0. The highest BCUT2D eigenvalue weighted by atomic mass is 16.5. The van der Waals surface area contributed by atoms with Gasteiger partial charge in [-0.3, -0.25) is 0 Å². The minimum atomic E-state index is -0.694. The second-order valence-corrected chi connectivity index (χ2v) is 14.6. The highest BCUT2D eigenvalue weighted by Crippen LogP contribution is 2.63. The Hall–Kier alpha value is -7.94. The van der Waals surface area contributed by atoms with Gasteiger partial charge in [-0.25, -0.2) is 15.0 Å². The fourth-order valence-corrected chi connectivity index (χ4v) is 8.88. The van der Waals surface area contributed by atoms with Crippen molar-refractivity contribution >= 4 is 0 Å². The summed E-state index contributed by atoms with van der Waals surface area (Å²) in [5.74, 6) is 3.06. The van der Waals surface area contributed by atoms with Gasteiger partial charge in [0.1, 0.15) is 17.6 Å². The Balaban J connectivity index is 1.08. The zero-order valence-corrected chi connectivity index (χ0v) is 31.2. The van der Waals surface area contributed by atoms with Gasteiger partial charge in [0.05, 0.1) is 11.0 Å². The van der Waals surface area contributed by atoms with Gasteiger partial charge in [-0.2, -0.15) is 5.26 Å². The lowest BCUT2D eigenvalue weighted by molar-refractivity contribution is 0.436. The number of nitriles is 1. The number of fused-ring (bicyclic) bond motifs is 9. The maximum atomic E-state index is 10.4. The van der Waals surface area contributed by atoms with Gasteiger partial charge in [0.15, 0.2) is 17.5 Å². The first-order valence-electron chi connectivity index (χ1n) is 19.3. The van der Waals surface area contributed by atoms with Crippen LogP contribution in [0.15, 0.2) is 194 Å². The Morgan fingerprint density at radius 2 is 0.793 bits per heavy atom. The van der Waals surface area contributed by atoms with Crippen LogP contribution in [-0.4, -0.2) is 15.0 Å². The molecule has 0 saturated carbocycles. The third-order valence-corrected chi connectivity index (χ3v) is 11.5. The van der Waals surface area contributed by atoms with E-state index < -0.39 is 5.41 Å². The van der Waals surface area contributed by atoms with Crippen molar-refractivity contribution in [2.45, 2.75) is 5.41 Å². The molecular weight excluding hydrogens is 709 g/mol. The van der Waals surface area contributed by atoms with E-state index in [0.29, 0.717) is 28.8 Å². The van der Waals surface area contributed by atoms with Crippen LogP contribution >= 0.6 is 0 Å². The number of rotatable bonds is 5. The number of ether oxygens (including phenoxy) is 1. The van der Waals surface area contributed by atoms with E-state index in [1.165, 1.54) is 22.3 Å². The number of benzene rings is 8. The largest absolute Gasteiger partial charge is 0.455 e. The summed E-state index contributed by atoms with van der Waals surface area (Å²) >= 11 is 0. The molecule has 0 saturated heterocycles. The molecule has 11 rings (SSSR count). The third-order valence-electron chi connectivity index (χ3n) is 11.5. The molecule has 270 valence electrons. The zero-order valence-electron chi connectivity index (χ0n) is 31.2. The minimum Gasteiger partial charge on any atom is -0.455 e. The molecule has 0 bridgehead atoms. The molecule has 2 aliphatic rings. The lowest BCUT2D eigenvalue weighted by Gasteiger charge is -2.40. The smallest absolute Gasteiger partial charge is 0.164 e. The number of para-hydroxylation sites is 2. The van der Waals surface area contributed by atoms with Crippen molar-refractivity contribution in [3.8, 4) is 85.1 Å². The summed E-state index contributed by atoms with van der Waals surface area (Å²) < 4.78 is 6.98. The molecular formula is C53H32N4O. The van der Waals surface area contributed by atoms with Crippen molar-refractivity contribution in [1.82, 2.24) is 15.0 Å². The van der Waals surface area contributed by atoms with Crippen LogP contribution in [0.5, 0.6) is 11.5 Å². The molecule has 9 aromatic rings. The van der Waals surface area contributed by atoms with Crippen molar-refractivity contribution in [3.63, 3.8) is 0 Å². The van der Waals surface area contributed by atoms with Crippen LogP contribution in [0, 0.1) is 11.3 Å². The van der Waals surface area contributed by atoms with E-state index >= 15 is 0 Å². The first-order chi connectivity index (χ1) is 28.7. The highest BCUT2D eigenvalue weighted by Gasteiger charge is 2.51. The van der Waals surface area contributed by atoms with Gasteiger partial charge in [-0.1, -0.05) is 182 Å². The van der Waals surface area contributed by atoms with Crippen molar-refractivity contribution in [1.29, 1.82) is 5.26 Å². The summed E-state index contributed by atoms with van der Waals surface area (Å²) in [7, 11) is 0. The molecule has 2 heterocycles. The van der Waals surface area contributed by atoms with E-state index in [1.807, 2.05) is 72.8 Å². The Bertz CT molecular complexity index is 3050. The number of hydrogen-bond donors (Lipinski definition) is 0. The maximum Gasteiger partial charge on any atom is 0.164 e. The van der Waals surface area contributed by atoms with Crippen LogP contribution in [0.4, 0.5) is 0 Å². The fraction of sp³-hybridized carbons (Fsp3) is 0.0189. The van der Waals surface area contributed by atoms with Gasteiger partial charge in [0, 0.05) is 33.4 Å². The molecule has 0 radical (unpaired) electrons. The normalized spacial score (nSPS) is 12.7. The summed E-state index contributed by atoms with van der Waals surface area (Å²) in [5.41, 5.74) is 13.3. The molecule has 58 heavy (non-hydrogen) atoms. The highest BCUT2D eigenvalue weighted by molar-refractivity contribution is 5.91. The lowest BCUT2D eigenvalue weighted by atomic mass is 9.65. The van der Waals surface area contributed by atoms with E-state index in [2.05, 4.69) is 127 Å². The topological polar surface area (TPSA) is 71.7 Å². The molecule has 1 aromatic heterocycles. The third kappa shape index (κ3) is 5.13. The van der Waals surface area contributed by atoms with Crippen molar-refractivity contribution in [3.05, 3.63) is 222 Å². The standard InChI is InChI=1S/C53H32N4O/c54-33-40-20-12-26-46-48(40)58-49-41(23-13-27-47(49)53(46)44-24-9-7-21-42(44)43-22-8-10-25-45(43)53)38-18-11-19-39(32-38)52-56-50(36-16-5-2-6-17-36)55-51(57-52)37-30-28-35(29-31-37)34-14-3-1-4-15-34/h1-32H. The molecule has 0 atom stereocenters. The maximum absolute atomic E-state index is 10.4. The molecule has 1 aliphatic heterocycles. The molecule has 8 aromatic carbocycles. The SMILES string of the molecule is N#Cc1cccc2c1Oc1c(-c3cccc(-c4nc(-c5ccccc5)nc(-c5ccc(-c6ccccc6)cc5)n4)c3)cccc1C21c2ccccc2-c2ccccc21. The van der Waals surface area contributed by atoms with Crippen LogP contribution < -0.4 is 4.74 Å². The van der Waals surface area contributed by atoms with Crippen LogP contribution in [-0.2, 0) is 5.41 Å². The van der Waals surface area contributed by atoms with E-state index in [0.717, 1.165) is 55.8 Å². The Morgan fingerprint density at radius 3 is 1.45 bits per heavy atom. The average Bonchev–Trinajstić information content (AvgIpc) is 3.60. The molecule has 1 aliphatic carbocycles. The molecule has 0 unspecified atom stereocenters. The van der Waals surface area contributed by atoms with Crippen molar-refractivity contribution in [2.75, 3.05) is 0 Å². The van der Waals surface area contributed by atoms with E-state index in [1.54, 1.807) is 0 Å². The summed E-state index contributed by atoms with van der Waals surface area (Å²) in [6.07, 6.45) is 0. The average molecular weight is 741 g/mol. The minimum absolute atomic E-state index is 0.496. The number of aromatic nitrogens is 3. The monoisotopic (exact) mass is 740 g/mol. The zero-order chi connectivity index (χ0) is 38.6. The number of hydrogen-bond acceptors (Lipinski definition) is 5. The van der Waals surface area contributed by atoms with Crippen LogP contribution in [0.2, 0.25) is 0 Å². The summed E-state index contributed by atoms with van der Waals surface area (Å²) in [5, 5.41) is 10.4. The van der Waals surface area contributed by atoms with Crippen molar-refractivity contribution in [2.24, 2.45) is 0 Å². The van der Waals surface area contributed by atoms with Gasteiger partial charge in [-0.05, 0) is 51.1 Å². The van der Waals surface area contributed by atoms with Crippen LogP contribution in [0.1, 0.15) is 27.8 Å². The van der Waals surface area contributed by atoms with Crippen LogP contribution in [0.25, 0.3) is 67.5 Å². The van der Waals surface area contributed by atoms with E-state index in [-0.39, 0.29) is 0 Å². The van der Waals surface area contributed by atoms with Gasteiger partial charge in [0.2, 0.25) is 0 Å². The van der Waals surface area contributed by atoms with E-state index in [4.69, 9.17) is 19.7 Å². The van der Waals surface area contributed by atoms with E-state index in [9.17, 15) is 5.26 Å². The first kappa shape index (κ1) is 33.4. The fourth-order valence-electron chi connectivity index (χ4n) is 8.88. The molecule has 5 heteroatoms. The number of nitrogens with zero attached hydrogens (tertiary/aromatic N) is 4. The lowest BCUT2D eigenvalue weighted by Crippen LogP contribution is -2.32. The predicted molar refractivity (Wildman–Crippen MR) is 229 cm³/mol. The van der Waals surface area contributed by atoms with Gasteiger partial charge < -0.3 is 4.74 Å². The quantitative estimate of drug-likeness (QED) is 0.176.